The Morgan fingerprint density at radius 1 is 0.692 bits per heavy atom. The van der Waals surface area contributed by atoms with Gasteiger partial charge in [0.2, 0.25) is 0 Å². The summed E-state index contributed by atoms with van der Waals surface area (Å²) in [5.74, 6) is 3.40. The lowest BCUT2D eigenvalue weighted by Crippen LogP contribution is -2.41. The molecule has 1 fully saturated rings. The minimum atomic E-state index is -0.257. The van der Waals surface area contributed by atoms with Crippen LogP contribution in [0.25, 0.3) is 0 Å². The van der Waals surface area contributed by atoms with Gasteiger partial charge in [0.15, 0.2) is 0 Å². The van der Waals surface area contributed by atoms with E-state index in [9.17, 15) is 0 Å². The number of hydrogen-bond acceptors (Lipinski definition) is 4. The molecule has 0 unspecified atom stereocenters. The first kappa shape index (κ1) is 34.6. The Morgan fingerprint density at radius 2 is 1.21 bits per heavy atom. The molecule has 2 atom stereocenters. The van der Waals surface area contributed by atoms with Crippen LogP contribution in [0.4, 0.5) is 0 Å². The molecule has 0 aliphatic carbocycles. The van der Waals surface area contributed by atoms with Crippen LogP contribution in [0.2, 0.25) is 0 Å². The van der Waals surface area contributed by atoms with E-state index in [1.807, 2.05) is 11.3 Å². The van der Waals surface area contributed by atoms with Gasteiger partial charge in [0.1, 0.15) is 0 Å². The van der Waals surface area contributed by atoms with E-state index in [4.69, 9.17) is 9.31 Å². The van der Waals surface area contributed by atoms with E-state index in [-0.39, 0.29) is 18.3 Å². The molecular formula is C34H59BO2S2. The fourth-order valence-electron chi connectivity index (χ4n) is 4.91. The summed E-state index contributed by atoms with van der Waals surface area (Å²) in [4.78, 5) is 0. The van der Waals surface area contributed by atoms with E-state index in [1.165, 1.54) is 80.1 Å². The van der Waals surface area contributed by atoms with Crippen molar-refractivity contribution in [2.45, 2.75) is 145 Å². The molecule has 222 valence electrons. The SMILES string of the molecule is CC(C)CCC[C@H](C)CCc1ccsc1.CC(C)CCC[C@H](C)CCc1csc(B2OC(C)(C)C(C)(C)O2)c1. The van der Waals surface area contributed by atoms with E-state index >= 15 is 0 Å². The second kappa shape index (κ2) is 16.7. The van der Waals surface area contributed by atoms with Gasteiger partial charge in [-0.2, -0.15) is 22.7 Å². The summed E-state index contributed by atoms with van der Waals surface area (Å²) in [6.45, 7) is 22.5. The fraction of sp³-hybridized carbons (Fsp3) is 0.765. The Bertz CT molecular complexity index is 884. The second-order valence-corrected chi connectivity index (χ2v) is 15.7. The van der Waals surface area contributed by atoms with Crippen LogP contribution in [0.5, 0.6) is 0 Å². The Labute approximate surface area is 250 Å². The molecule has 2 aromatic heterocycles. The van der Waals surface area contributed by atoms with Crippen molar-refractivity contribution in [1.29, 1.82) is 0 Å². The van der Waals surface area contributed by atoms with Gasteiger partial charge in [-0.15, -0.1) is 0 Å². The molecule has 2 nitrogen and oxygen atoms in total. The summed E-state index contributed by atoms with van der Waals surface area (Å²) in [5, 5.41) is 6.74. The molecule has 39 heavy (non-hydrogen) atoms. The lowest BCUT2D eigenvalue weighted by molar-refractivity contribution is 0.00578. The number of rotatable bonds is 15. The fourth-order valence-corrected chi connectivity index (χ4v) is 6.51. The van der Waals surface area contributed by atoms with Crippen LogP contribution >= 0.6 is 22.7 Å². The van der Waals surface area contributed by atoms with E-state index in [0.717, 1.165) is 23.7 Å². The van der Waals surface area contributed by atoms with Gasteiger partial charge in [-0.05, 0) is 116 Å². The van der Waals surface area contributed by atoms with Crippen molar-refractivity contribution in [3.05, 3.63) is 39.4 Å². The Kier molecular flexibility index (Phi) is 14.8. The van der Waals surface area contributed by atoms with Crippen LogP contribution in [0.15, 0.2) is 28.3 Å². The molecule has 1 saturated heterocycles. The van der Waals surface area contributed by atoms with Crippen LogP contribution < -0.4 is 4.78 Å². The maximum absolute atomic E-state index is 6.15. The van der Waals surface area contributed by atoms with Crippen molar-refractivity contribution in [1.82, 2.24) is 0 Å². The Balaban J connectivity index is 0.000000306. The number of thiophene rings is 2. The van der Waals surface area contributed by atoms with Gasteiger partial charge in [0.05, 0.1) is 11.2 Å². The van der Waals surface area contributed by atoms with Gasteiger partial charge in [-0.1, -0.05) is 80.1 Å². The molecule has 5 heteroatoms. The molecule has 0 aromatic carbocycles. The highest BCUT2D eigenvalue weighted by molar-refractivity contribution is 7.20. The normalized spacial score (nSPS) is 17.9. The first-order valence-electron chi connectivity index (χ1n) is 15.7. The minimum Gasteiger partial charge on any atom is -0.399 e. The maximum Gasteiger partial charge on any atom is 0.505 e. The van der Waals surface area contributed by atoms with Crippen molar-refractivity contribution in [2.24, 2.45) is 23.7 Å². The number of aryl methyl sites for hydroxylation is 2. The van der Waals surface area contributed by atoms with Gasteiger partial charge in [-0.3, -0.25) is 0 Å². The zero-order chi connectivity index (χ0) is 29.1. The van der Waals surface area contributed by atoms with Crippen molar-refractivity contribution in [3.8, 4) is 0 Å². The van der Waals surface area contributed by atoms with Crippen LogP contribution in [-0.4, -0.2) is 18.3 Å². The molecule has 2 aromatic rings. The topological polar surface area (TPSA) is 18.5 Å². The highest BCUT2D eigenvalue weighted by atomic mass is 32.1. The van der Waals surface area contributed by atoms with E-state index in [0.29, 0.717) is 0 Å². The molecule has 0 N–H and O–H groups in total. The molecule has 0 saturated carbocycles. The molecule has 1 aliphatic heterocycles. The number of hydrogen-bond donors (Lipinski definition) is 0. The van der Waals surface area contributed by atoms with Crippen molar-refractivity contribution in [2.75, 3.05) is 0 Å². The molecule has 1 aliphatic rings. The summed E-state index contributed by atoms with van der Waals surface area (Å²) in [5.41, 5.74) is 2.44. The van der Waals surface area contributed by atoms with Crippen molar-refractivity contribution >= 4 is 34.6 Å². The molecule has 0 radical (unpaired) electrons. The van der Waals surface area contributed by atoms with E-state index < -0.39 is 0 Å². The van der Waals surface area contributed by atoms with Crippen LogP contribution in [-0.2, 0) is 22.2 Å². The summed E-state index contributed by atoms with van der Waals surface area (Å²) in [6.07, 6.45) is 13.3. The quantitative estimate of drug-likeness (QED) is 0.197. The van der Waals surface area contributed by atoms with E-state index in [1.54, 1.807) is 11.3 Å². The highest BCUT2D eigenvalue weighted by Gasteiger charge is 2.52. The van der Waals surface area contributed by atoms with Crippen molar-refractivity contribution < 1.29 is 9.31 Å². The molecule has 3 heterocycles. The standard InChI is InChI=1S/C20H35BO2S.C14H24S/c1-15(2)9-8-10-16(3)11-12-17-13-18(24-14-17)21-22-19(4,5)20(6,7)23-21;1-12(2)5-4-6-13(3)7-8-14-9-10-15-11-14/h13-16H,8-12H2,1-7H3;9-13H,4-8H2,1-3H3/t16-;13-/m00/s1. The third-order valence-corrected chi connectivity index (χ3v) is 10.3. The molecule has 3 rings (SSSR count). The third-order valence-electron chi connectivity index (χ3n) is 8.55. The smallest absolute Gasteiger partial charge is 0.399 e. The summed E-state index contributed by atoms with van der Waals surface area (Å²) >= 11 is 3.58. The Morgan fingerprint density at radius 3 is 1.67 bits per heavy atom. The largest absolute Gasteiger partial charge is 0.505 e. The minimum absolute atomic E-state index is 0.211. The van der Waals surface area contributed by atoms with Crippen LogP contribution in [0.3, 0.4) is 0 Å². The maximum atomic E-state index is 6.15. The summed E-state index contributed by atoms with van der Waals surface area (Å²) < 4.78 is 13.5. The average molecular weight is 575 g/mol. The van der Waals surface area contributed by atoms with Gasteiger partial charge in [0.25, 0.3) is 0 Å². The first-order valence-corrected chi connectivity index (χ1v) is 17.5. The van der Waals surface area contributed by atoms with Gasteiger partial charge in [-0.25, -0.2) is 0 Å². The summed E-state index contributed by atoms with van der Waals surface area (Å²) in [7, 11) is -0.211. The predicted octanol–water partition coefficient (Wildman–Crippen LogP) is 10.6. The predicted molar refractivity (Wildman–Crippen MR) is 177 cm³/mol. The third kappa shape index (κ3) is 12.8. The van der Waals surface area contributed by atoms with E-state index in [2.05, 4.69) is 97.5 Å². The molecule has 0 amide bonds. The average Bonchev–Trinajstić information content (AvgIpc) is 3.56. The molecule has 0 spiro atoms. The lowest BCUT2D eigenvalue weighted by atomic mass is 9.87. The zero-order valence-electron chi connectivity index (χ0n) is 27.0. The lowest BCUT2D eigenvalue weighted by Gasteiger charge is -2.32. The zero-order valence-corrected chi connectivity index (χ0v) is 28.6. The van der Waals surface area contributed by atoms with Gasteiger partial charge < -0.3 is 9.31 Å². The monoisotopic (exact) mass is 574 g/mol. The van der Waals surface area contributed by atoms with Gasteiger partial charge in [0, 0.05) is 4.78 Å². The molecule has 0 bridgehead atoms. The molecular weight excluding hydrogens is 515 g/mol. The first-order chi connectivity index (χ1) is 18.3. The highest BCUT2D eigenvalue weighted by Crippen LogP contribution is 2.37. The van der Waals surface area contributed by atoms with Crippen LogP contribution in [0, 0.1) is 23.7 Å². The Hall–Kier alpha value is -0.615. The summed E-state index contributed by atoms with van der Waals surface area (Å²) in [6, 6.07) is 4.54. The van der Waals surface area contributed by atoms with Crippen molar-refractivity contribution in [3.63, 3.8) is 0 Å². The van der Waals surface area contributed by atoms with Crippen LogP contribution in [0.1, 0.15) is 132 Å². The van der Waals surface area contributed by atoms with Gasteiger partial charge >= 0.3 is 7.12 Å². The second-order valence-electron chi connectivity index (χ2n) is 14.0.